The first-order valence-electron chi connectivity index (χ1n) is 2.65. The molecule has 3 nitrogen and oxygen atoms in total. The van der Waals surface area contributed by atoms with Gasteiger partial charge in [-0.05, 0) is 7.05 Å². The van der Waals surface area contributed by atoms with Crippen molar-refractivity contribution in [3.63, 3.8) is 0 Å². The fourth-order valence-corrected chi connectivity index (χ4v) is 0.234. The highest BCUT2D eigenvalue weighted by Crippen LogP contribution is 1.76. The van der Waals surface area contributed by atoms with Crippen LogP contribution in [-0.2, 0) is 9.78 Å². The van der Waals surface area contributed by atoms with E-state index in [1.165, 1.54) is 7.11 Å². The van der Waals surface area contributed by atoms with E-state index < -0.39 is 0 Å². The predicted molar refractivity (Wildman–Crippen MR) is 36.4 cm³/mol. The van der Waals surface area contributed by atoms with Crippen molar-refractivity contribution in [1.82, 2.24) is 4.81 Å². The lowest BCUT2D eigenvalue weighted by molar-refractivity contribution is -0.286. The second-order valence-corrected chi connectivity index (χ2v) is 1.59. The minimum absolute atomic E-state index is 0.535. The standard InChI is InChI=1S/C3H11B2NO2/c1-6(5-4)3-8-7-2/h5H,3-4H2,1-2H3. The Morgan fingerprint density at radius 2 is 2.38 bits per heavy atom. The van der Waals surface area contributed by atoms with Crippen molar-refractivity contribution in [2.45, 2.75) is 0 Å². The average Bonchev–Trinajstić information content (AvgIpc) is 1.83. The van der Waals surface area contributed by atoms with Crippen molar-refractivity contribution >= 4 is 15.0 Å². The maximum Gasteiger partial charge on any atom is 0.163 e. The zero-order valence-electron chi connectivity index (χ0n) is 5.68. The molecule has 0 radical (unpaired) electrons. The summed E-state index contributed by atoms with van der Waals surface area (Å²) in [6.07, 6.45) is 0. The van der Waals surface area contributed by atoms with Crippen LogP contribution >= 0.6 is 0 Å². The number of hydrogen-bond donors (Lipinski definition) is 0. The second kappa shape index (κ2) is 5.15. The van der Waals surface area contributed by atoms with Gasteiger partial charge in [0.15, 0.2) is 7.31 Å². The van der Waals surface area contributed by atoms with E-state index in [0.717, 1.165) is 7.31 Å². The highest BCUT2D eigenvalue weighted by molar-refractivity contribution is 6.87. The van der Waals surface area contributed by atoms with Crippen LogP contribution in [0.15, 0.2) is 0 Å². The molecule has 0 unspecified atom stereocenters. The normalized spacial score (nSPS) is 9.88. The molecule has 0 bridgehead atoms. The number of rotatable bonds is 4. The van der Waals surface area contributed by atoms with Crippen molar-refractivity contribution in [3.05, 3.63) is 0 Å². The molecule has 0 N–H and O–H groups in total. The van der Waals surface area contributed by atoms with Gasteiger partial charge in [-0.1, -0.05) is 0 Å². The summed E-state index contributed by atoms with van der Waals surface area (Å²) < 4.78 is 0. The lowest BCUT2D eigenvalue weighted by Crippen LogP contribution is -2.25. The van der Waals surface area contributed by atoms with Gasteiger partial charge in [0.05, 0.1) is 14.8 Å². The minimum atomic E-state index is 0.535. The first-order chi connectivity index (χ1) is 3.81. The van der Waals surface area contributed by atoms with Gasteiger partial charge in [-0.25, -0.2) is 9.78 Å². The monoisotopic (exact) mass is 115 g/mol. The molecular weight excluding hydrogens is 104 g/mol. The van der Waals surface area contributed by atoms with Gasteiger partial charge in [-0.3, -0.25) is 0 Å². The first kappa shape index (κ1) is 8.01. The van der Waals surface area contributed by atoms with Gasteiger partial charge in [0.2, 0.25) is 0 Å². The summed E-state index contributed by atoms with van der Waals surface area (Å²) in [5.41, 5.74) is 0. The largest absolute Gasteiger partial charge is 0.332 e. The molecule has 5 heteroatoms. The first-order valence-corrected chi connectivity index (χ1v) is 2.65. The molecule has 46 valence electrons. The summed E-state index contributed by atoms with van der Waals surface area (Å²) in [7, 11) is 6.49. The SMILES string of the molecule is BBN(C)COOC. The zero-order valence-corrected chi connectivity index (χ0v) is 5.68. The second-order valence-electron chi connectivity index (χ2n) is 1.59. The van der Waals surface area contributed by atoms with Crippen molar-refractivity contribution in [3.8, 4) is 0 Å². The van der Waals surface area contributed by atoms with Crippen LogP contribution in [0.3, 0.4) is 0 Å². The fourth-order valence-electron chi connectivity index (χ4n) is 0.234. The quantitative estimate of drug-likeness (QED) is 0.189. The van der Waals surface area contributed by atoms with Gasteiger partial charge in [0.25, 0.3) is 0 Å². The molecule has 0 atom stereocenters. The molecule has 0 fully saturated rings. The Morgan fingerprint density at radius 3 is 2.75 bits per heavy atom. The van der Waals surface area contributed by atoms with Crippen LogP contribution in [0, 0.1) is 0 Å². The van der Waals surface area contributed by atoms with Crippen LogP contribution in [0.2, 0.25) is 0 Å². The summed E-state index contributed by atoms with van der Waals surface area (Å²) in [5.74, 6) is 0. The van der Waals surface area contributed by atoms with Crippen molar-refractivity contribution < 1.29 is 9.78 Å². The molecule has 0 saturated carbocycles. The molecule has 0 aliphatic carbocycles. The van der Waals surface area contributed by atoms with Crippen molar-refractivity contribution in [1.29, 1.82) is 0 Å². The van der Waals surface area contributed by atoms with Gasteiger partial charge in [0, 0.05) is 0 Å². The van der Waals surface area contributed by atoms with E-state index in [1.54, 1.807) is 0 Å². The third-order valence-electron chi connectivity index (χ3n) is 0.931. The van der Waals surface area contributed by atoms with Crippen LogP contribution in [-0.4, -0.2) is 40.7 Å². The third-order valence-corrected chi connectivity index (χ3v) is 0.931. The molecule has 0 aliphatic heterocycles. The zero-order chi connectivity index (χ0) is 6.41. The summed E-state index contributed by atoms with van der Waals surface area (Å²) >= 11 is 0. The Morgan fingerprint density at radius 1 is 1.75 bits per heavy atom. The molecule has 0 saturated heterocycles. The molecule has 0 aromatic rings. The average molecular weight is 115 g/mol. The molecule has 0 amide bonds. The van der Waals surface area contributed by atoms with E-state index in [2.05, 4.69) is 17.5 Å². The van der Waals surface area contributed by atoms with E-state index in [4.69, 9.17) is 0 Å². The fraction of sp³-hybridized carbons (Fsp3) is 1.00. The van der Waals surface area contributed by atoms with Crippen LogP contribution in [0.1, 0.15) is 0 Å². The van der Waals surface area contributed by atoms with Gasteiger partial charge in [0.1, 0.15) is 6.73 Å². The Bertz CT molecular complexity index is 54.5. The van der Waals surface area contributed by atoms with Gasteiger partial charge < -0.3 is 4.81 Å². The minimum Gasteiger partial charge on any atom is -0.332 e. The summed E-state index contributed by atoms with van der Waals surface area (Å²) in [6.45, 7) is 0.535. The molecule has 0 aromatic carbocycles. The molecule has 8 heavy (non-hydrogen) atoms. The Labute approximate surface area is 51.5 Å². The van der Waals surface area contributed by atoms with Crippen LogP contribution in [0.5, 0.6) is 0 Å². The number of nitrogens with zero attached hydrogens (tertiary/aromatic N) is 1. The Balaban J connectivity index is 2.86. The third kappa shape index (κ3) is 4.18. The molecular formula is C3H11B2NO2. The Kier molecular flexibility index (Phi) is 5.16. The Hall–Kier alpha value is 0.00987. The van der Waals surface area contributed by atoms with E-state index in [0.29, 0.717) is 6.73 Å². The lowest BCUT2D eigenvalue weighted by atomic mass is 9.66. The van der Waals surface area contributed by atoms with E-state index >= 15 is 0 Å². The molecule has 0 aromatic heterocycles. The molecule has 0 spiro atoms. The highest BCUT2D eigenvalue weighted by Gasteiger charge is 1.91. The molecule has 0 rings (SSSR count). The summed E-state index contributed by atoms with van der Waals surface area (Å²) in [6, 6.07) is 0. The van der Waals surface area contributed by atoms with Gasteiger partial charge in [-0.15, -0.1) is 0 Å². The smallest absolute Gasteiger partial charge is 0.163 e. The van der Waals surface area contributed by atoms with Crippen LogP contribution in [0.25, 0.3) is 0 Å². The maximum atomic E-state index is 4.61. The van der Waals surface area contributed by atoms with Gasteiger partial charge >= 0.3 is 0 Å². The van der Waals surface area contributed by atoms with Crippen LogP contribution < -0.4 is 0 Å². The number of hydrogen-bond acceptors (Lipinski definition) is 3. The lowest BCUT2D eigenvalue weighted by Gasteiger charge is -2.10. The molecule has 0 aliphatic rings. The van der Waals surface area contributed by atoms with Gasteiger partial charge in [-0.2, -0.15) is 0 Å². The topological polar surface area (TPSA) is 21.7 Å². The highest BCUT2D eigenvalue weighted by atomic mass is 17.2. The molecule has 0 heterocycles. The van der Waals surface area contributed by atoms with Crippen LogP contribution in [0.4, 0.5) is 0 Å². The predicted octanol–water partition coefficient (Wildman–Crippen LogP) is -1.65. The summed E-state index contributed by atoms with van der Waals surface area (Å²) in [4.78, 5) is 11.0. The van der Waals surface area contributed by atoms with Crippen molar-refractivity contribution in [2.75, 3.05) is 20.9 Å². The van der Waals surface area contributed by atoms with E-state index in [1.807, 2.05) is 11.9 Å². The summed E-state index contributed by atoms with van der Waals surface area (Å²) in [5, 5.41) is 0. The van der Waals surface area contributed by atoms with E-state index in [-0.39, 0.29) is 0 Å². The maximum absolute atomic E-state index is 4.61. The van der Waals surface area contributed by atoms with E-state index in [9.17, 15) is 0 Å². The van der Waals surface area contributed by atoms with Crippen molar-refractivity contribution in [2.24, 2.45) is 0 Å².